The van der Waals surface area contributed by atoms with E-state index in [1.165, 1.54) is 12.5 Å². The summed E-state index contributed by atoms with van der Waals surface area (Å²) in [5, 5.41) is 21.6. The number of aliphatic carboxylic acids is 2. The number of carbonyl (C=O) groups is 2. The monoisotopic (exact) mass is 373 g/mol. The van der Waals surface area contributed by atoms with Gasteiger partial charge in [-0.3, -0.25) is 0 Å². The van der Waals surface area contributed by atoms with E-state index in [0.717, 1.165) is 5.56 Å². The van der Waals surface area contributed by atoms with Crippen LogP contribution in [0.25, 0.3) is 0 Å². The van der Waals surface area contributed by atoms with E-state index >= 15 is 0 Å². The lowest BCUT2D eigenvalue weighted by atomic mass is 9.83. The lowest BCUT2D eigenvalue weighted by molar-refractivity contribution is -0.158. The van der Waals surface area contributed by atoms with Crippen molar-refractivity contribution in [2.75, 3.05) is 6.61 Å². The fraction of sp³-hybridized carbons (Fsp3) is 0.316. The van der Waals surface area contributed by atoms with Crippen molar-refractivity contribution in [2.45, 2.75) is 19.3 Å². The maximum absolute atomic E-state index is 11.5. The molecule has 0 unspecified atom stereocenters. The molecule has 1 aliphatic carbocycles. The van der Waals surface area contributed by atoms with Crippen LogP contribution in [-0.2, 0) is 30.5 Å². The van der Waals surface area contributed by atoms with Gasteiger partial charge in [-0.2, -0.15) is 0 Å². The van der Waals surface area contributed by atoms with Crippen LogP contribution in [0.2, 0.25) is 0 Å². The molecule has 0 aromatic heterocycles. The second-order valence-electron chi connectivity index (χ2n) is 6.15. The molecule has 0 bridgehead atoms. The Morgan fingerprint density at radius 3 is 2.74 bits per heavy atom. The van der Waals surface area contributed by atoms with E-state index < -0.39 is 24.8 Å². The zero-order valence-corrected chi connectivity index (χ0v) is 14.4. The minimum absolute atomic E-state index is 0.172. The number of ether oxygens (including phenoxy) is 2. The molecule has 3 rings (SSSR count). The molecule has 0 amide bonds. The summed E-state index contributed by atoms with van der Waals surface area (Å²) in [6.07, 6.45) is 4.29. The number of hydrogen-bond donors (Lipinski definition) is 2. The van der Waals surface area contributed by atoms with Crippen molar-refractivity contribution in [3.05, 3.63) is 59.4 Å². The molecule has 3 atom stereocenters. The van der Waals surface area contributed by atoms with Crippen molar-refractivity contribution >= 4 is 18.2 Å². The predicted octanol–water partition coefficient (Wildman–Crippen LogP) is 2.18. The maximum atomic E-state index is 11.5. The standard InChI is InChI=1S/C19H19NO7/c21-16(22)11-27-20-8-13-6-7-14-15(18(23)24)10-26-19(17(13)14)25-9-12-4-2-1-3-5-12/h1-6,8,10,14,17,19H,7,9,11H2,(H,21,22)(H,23,24)/b20-8+/t14-,17-,19-/m1/s1. The summed E-state index contributed by atoms with van der Waals surface area (Å²) in [6.45, 7) is -0.243. The Hall–Kier alpha value is -3.13. The lowest BCUT2D eigenvalue weighted by Gasteiger charge is -2.33. The number of allylic oxidation sites excluding steroid dienone is 1. The van der Waals surface area contributed by atoms with E-state index in [0.29, 0.717) is 18.6 Å². The van der Waals surface area contributed by atoms with Crippen LogP contribution in [0.1, 0.15) is 12.0 Å². The molecule has 1 aromatic carbocycles. The van der Waals surface area contributed by atoms with E-state index in [1.54, 1.807) is 0 Å². The zero-order chi connectivity index (χ0) is 19.2. The Bertz CT molecular complexity index is 785. The third-order valence-electron chi connectivity index (χ3n) is 4.42. The first kappa shape index (κ1) is 18.7. The Morgan fingerprint density at radius 1 is 1.26 bits per heavy atom. The normalized spacial score (nSPS) is 23.9. The molecule has 0 fully saturated rings. The first-order valence-corrected chi connectivity index (χ1v) is 8.38. The van der Waals surface area contributed by atoms with Crippen molar-refractivity contribution < 1.29 is 34.1 Å². The van der Waals surface area contributed by atoms with Crippen LogP contribution in [0.15, 0.2) is 59.0 Å². The van der Waals surface area contributed by atoms with E-state index in [2.05, 4.69) is 5.16 Å². The summed E-state index contributed by atoms with van der Waals surface area (Å²) < 4.78 is 11.4. The van der Waals surface area contributed by atoms with Gasteiger partial charge in [0.15, 0.2) is 0 Å². The van der Waals surface area contributed by atoms with Crippen LogP contribution >= 0.6 is 0 Å². The minimum atomic E-state index is -1.13. The van der Waals surface area contributed by atoms with Gasteiger partial charge in [0.2, 0.25) is 12.9 Å². The van der Waals surface area contributed by atoms with Gasteiger partial charge in [0.05, 0.1) is 30.6 Å². The van der Waals surface area contributed by atoms with Gasteiger partial charge in [-0.05, 0) is 17.6 Å². The first-order valence-electron chi connectivity index (χ1n) is 8.38. The number of carboxylic acid groups (broad SMARTS) is 2. The Labute approximate surface area is 155 Å². The molecule has 0 spiro atoms. The first-order chi connectivity index (χ1) is 13.1. The van der Waals surface area contributed by atoms with Crippen LogP contribution < -0.4 is 0 Å². The highest BCUT2D eigenvalue weighted by atomic mass is 16.7. The van der Waals surface area contributed by atoms with E-state index in [-0.39, 0.29) is 17.4 Å². The summed E-state index contributed by atoms with van der Waals surface area (Å²) in [6, 6.07) is 9.55. The van der Waals surface area contributed by atoms with Gasteiger partial charge >= 0.3 is 11.9 Å². The van der Waals surface area contributed by atoms with Crippen molar-refractivity contribution in [3.63, 3.8) is 0 Å². The third kappa shape index (κ3) is 4.53. The highest BCUT2D eigenvalue weighted by molar-refractivity contribution is 5.89. The van der Waals surface area contributed by atoms with Gasteiger partial charge in [0.1, 0.15) is 0 Å². The number of hydrogen-bond acceptors (Lipinski definition) is 6. The number of rotatable bonds is 8. The molecule has 2 N–H and O–H groups in total. The molecular weight excluding hydrogens is 354 g/mol. The van der Waals surface area contributed by atoms with Gasteiger partial charge in [-0.25, -0.2) is 9.59 Å². The van der Waals surface area contributed by atoms with Crippen LogP contribution in [-0.4, -0.2) is 41.3 Å². The van der Waals surface area contributed by atoms with Gasteiger partial charge in [-0.15, -0.1) is 0 Å². The van der Waals surface area contributed by atoms with Crippen LogP contribution in [0.3, 0.4) is 0 Å². The van der Waals surface area contributed by atoms with Gasteiger partial charge in [0.25, 0.3) is 0 Å². The SMILES string of the molecule is O=C(O)CO/N=C/C1=CC[C@@H]2C(C(=O)O)=CO[C@@H](OCc3ccccc3)[C@H]12. The second kappa shape index (κ2) is 8.50. The van der Waals surface area contributed by atoms with Crippen LogP contribution in [0.4, 0.5) is 0 Å². The summed E-state index contributed by atoms with van der Waals surface area (Å²) in [7, 11) is 0. The van der Waals surface area contributed by atoms with Crippen molar-refractivity contribution in [1.82, 2.24) is 0 Å². The van der Waals surface area contributed by atoms with Gasteiger partial charge in [0, 0.05) is 5.92 Å². The average Bonchev–Trinajstić information content (AvgIpc) is 3.08. The Balaban J connectivity index is 1.73. The van der Waals surface area contributed by atoms with Gasteiger partial charge < -0.3 is 24.5 Å². The molecule has 27 heavy (non-hydrogen) atoms. The third-order valence-corrected chi connectivity index (χ3v) is 4.42. The molecular formula is C19H19NO7. The summed E-state index contributed by atoms with van der Waals surface area (Å²) >= 11 is 0. The quantitative estimate of drug-likeness (QED) is 0.530. The van der Waals surface area contributed by atoms with E-state index in [1.807, 2.05) is 36.4 Å². The number of carboxylic acids is 2. The summed E-state index contributed by atoms with van der Waals surface area (Å²) in [4.78, 5) is 26.7. The lowest BCUT2D eigenvalue weighted by Crippen LogP contribution is -2.36. The number of benzene rings is 1. The minimum Gasteiger partial charge on any atom is -0.479 e. The number of fused-ring (bicyclic) bond motifs is 1. The molecule has 0 radical (unpaired) electrons. The summed E-state index contributed by atoms with van der Waals surface area (Å²) in [5.41, 5.74) is 1.83. The van der Waals surface area contributed by atoms with E-state index in [4.69, 9.17) is 19.4 Å². The largest absolute Gasteiger partial charge is 0.479 e. The molecule has 1 heterocycles. The highest BCUT2D eigenvalue weighted by Gasteiger charge is 2.44. The Kier molecular flexibility index (Phi) is 5.87. The van der Waals surface area contributed by atoms with Crippen molar-refractivity contribution in [2.24, 2.45) is 17.0 Å². The molecule has 8 heteroatoms. The van der Waals surface area contributed by atoms with E-state index in [9.17, 15) is 14.7 Å². The second-order valence-corrected chi connectivity index (χ2v) is 6.15. The molecule has 1 aromatic rings. The molecule has 2 aliphatic rings. The van der Waals surface area contributed by atoms with Crippen LogP contribution in [0.5, 0.6) is 0 Å². The molecule has 8 nitrogen and oxygen atoms in total. The highest BCUT2D eigenvalue weighted by Crippen LogP contribution is 2.43. The fourth-order valence-corrected chi connectivity index (χ4v) is 3.19. The number of oxime groups is 1. The van der Waals surface area contributed by atoms with Crippen molar-refractivity contribution in [3.8, 4) is 0 Å². The smallest absolute Gasteiger partial charge is 0.344 e. The molecule has 142 valence electrons. The molecule has 1 aliphatic heterocycles. The number of nitrogens with zero attached hydrogens (tertiary/aromatic N) is 1. The average molecular weight is 373 g/mol. The maximum Gasteiger partial charge on any atom is 0.344 e. The Morgan fingerprint density at radius 2 is 2.04 bits per heavy atom. The summed E-state index contributed by atoms with van der Waals surface area (Å²) in [5.74, 6) is -2.85. The van der Waals surface area contributed by atoms with Crippen LogP contribution in [0, 0.1) is 11.8 Å². The molecule has 0 saturated carbocycles. The fourth-order valence-electron chi connectivity index (χ4n) is 3.19. The zero-order valence-electron chi connectivity index (χ0n) is 14.4. The topological polar surface area (TPSA) is 115 Å². The van der Waals surface area contributed by atoms with Crippen molar-refractivity contribution in [1.29, 1.82) is 0 Å². The molecule has 0 saturated heterocycles. The predicted molar refractivity (Wildman–Crippen MR) is 93.6 cm³/mol. The van der Waals surface area contributed by atoms with Gasteiger partial charge in [-0.1, -0.05) is 41.6 Å².